The maximum atomic E-state index is 11.9. The molecule has 0 aromatic rings. The van der Waals surface area contributed by atoms with Gasteiger partial charge < -0.3 is 25.3 Å². The number of nitrogens with zero attached hydrogens (tertiary/aromatic N) is 2. The molecule has 19 heavy (non-hydrogen) atoms. The third-order valence-electron chi connectivity index (χ3n) is 3.74. The van der Waals surface area contributed by atoms with Crippen LogP contribution in [0, 0.1) is 0 Å². The average molecular weight is 271 g/mol. The van der Waals surface area contributed by atoms with Crippen molar-refractivity contribution in [3.8, 4) is 0 Å². The molecule has 0 aromatic heterocycles. The summed E-state index contributed by atoms with van der Waals surface area (Å²) in [7, 11) is 2.02. The first-order valence-corrected chi connectivity index (χ1v) is 6.64. The average Bonchev–Trinajstić information content (AvgIpc) is 3.11. The molecule has 1 heterocycles. The molecule has 2 atom stereocenters. The Kier molecular flexibility index (Phi) is 4.26. The molecule has 108 valence electrons. The van der Waals surface area contributed by atoms with E-state index in [0.29, 0.717) is 12.6 Å². The number of carbonyl (C=O) groups excluding carboxylic acids is 1. The number of nitrogens with one attached hydrogen (secondary N) is 1. The molecule has 0 aromatic carbocycles. The van der Waals surface area contributed by atoms with Crippen LogP contribution in [0.2, 0.25) is 0 Å². The standard InChI is InChI=1S/C12H21N3O4/c1-14(8-2-3-8)5-4-13-12(19)15-7-9(16)6-10(15)11(17)18/h8-10,16H,2-7H2,1H3,(H,13,19)(H,17,18)/t9?,10-/m0/s1. The molecule has 2 aliphatic rings. The lowest BCUT2D eigenvalue weighted by molar-refractivity contribution is -0.141. The minimum absolute atomic E-state index is 0.0846. The number of aliphatic carboxylic acids is 1. The Balaban J connectivity index is 1.76. The van der Waals surface area contributed by atoms with Gasteiger partial charge in [-0.2, -0.15) is 0 Å². The minimum Gasteiger partial charge on any atom is -0.480 e. The summed E-state index contributed by atoms with van der Waals surface area (Å²) < 4.78 is 0. The molecule has 1 saturated heterocycles. The summed E-state index contributed by atoms with van der Waals surface area (Å²) in [6.07, 6.45) is 1.78. The summed E-state index contributed by atoms with van der Waals surface area (Å²) in [5.74, 6) is -1.07. The molecule has 7 nitrogen and oxygen atoms in total. The third-order valence-corrected chi connectivity index (χ3v) is 3.74. The van der Waals surface area contributed by atoms with E-state index in [-0.39, 0.29) is 13.0 Å². The second-order valence-electron chi connectivity index (χ2n) is 5.34. The Hall–Kier alpha value is -1.34. The number of aliphatic hydroxyl groups is 1. The van der Waals surface area contributed by atoms with Gasteiger partial charge in [-0.05, 0) is 19.9 Å². The lowest BCUT2D eigenvalue weighted by Crippen LogP contribution is -2.47. The molecule has 1 aliphatic heterocycles. The second-order valence-corrected chi connectivity index (χ2v) is 5.34. The van der Waals surface area contributed by atoms with E-state index in [2.05, 4.69) is 10.2 Å². The van der Waals surface area contributed by atoms with Crippen molar-refractivity contribution in [2.45, 2.75) is 37.5 Å². The third kappa shape index (κ3) is 3.57. The summed E-state index contributed by atoms with van der Waals surface area (Å²) in [5, 5.41) is 21.2. The first-order chi connectivity index (χ1) is 8.99. The molecule has 7 heteroatoms. The van der Waals surface area contributed by atoms with E-state index < -0.39 is 24.1 Å². The minimum atomic E-state index is -1.07. The topological polar surface area (TPSA) is 93.1 Å². The van der Waals surface area contributed by atoms with Gasteiger partial charge in [0.2, 0.25) is 0 Å². The molecule has 1 aliphatic carbocycles. The monoisotopic (exact) mass is 271 g/mol. The fourth-order valence-corrected chi connectivity index (χ4v) is 2.41. The number of aliphatic hydroxyl groups excluding tert-OH is 1. The number of carbonyl (C=O) groups is 2. The summed E-state index contributed by atoms with van der Waals surface area (Å²) in [4.78, 5) is 26.3. The zero-order valence-corrected chi connectivity index (χ0v) is 11.1. The number of urea groups is 1. The SMILES string of the molecule is CN(CCNC(=O)N1CC(O)C[C@H]1C(=O)O)C1CC1. The van der Waals surface area contributed by atoms with Crippen LogP contribution in [0.1, 0.15) is 19.3 Å². The van der Waals surface area contributed by atoms with E-state index >= 15 is 0 Å². The molecular formula is C12H21N3O4. The van der Waals surface area contributed by atoms with E-state index in [1.54, 1.807) is 0 Å². The molecule has 2 rings (SSSR count). The highest BCUT2D eigenvalue weighted by Crippen LogP contribution is 2.24. The number of carboxylic acid groups (broad SMARTS) is 1. The zero-order chi connectivity index (χ0) is 14.0. The lowest BCUT2D eigenvalue weighted by Gasteiger charge is -2.22. The predicted molar refractivity (Wildman–Crippen MR) is 67.8 cm³/mol. The maximum absolute atomic E-state index is 11.9. The van der Waals surface area contributed by atoms with Crippen molar-refractivity contribution in [1.82, 2.24) is 15.1 Å². The number of amides is 2. The Bertz CT molecular complexity index is 359. The van der Waals surface area contributed by atoms with E-state index in [4.69, 9.17) is 5.11 Å². The van der Waals surface area contributed by atoms with Gasteiger partial charge in [0.05, 0.1) is 6.10 Å². The molecule has 2 amide bonds. The molecule has 0 radical (unpaired) electrons. The summed E-state index contributed by atoms with van der Waals surface area (Å²) in [6.45, 7) is 1.33. The highest BCUT2D eigenvalue weighted by molar-refractivity contribution is 5.83. The number of carboxylic acids is 1. The van der Waals surface area contributed by atoms with Gasteiger partial charge in [0.1, 0.15) is 6.04 Å². The van der Waals surface area contributed by atoms with Crippen molar-refractivity contribution < 1.29 is 19.8 Å². The molecule has 3 N–H and O–H groups in total. The van der Waals surface area contributed by atoms with Crippen LogP contribution >= 0.6 is 0 Å². The van der Waals surface area contributed by atoms with Crippen molar-refractivity contribution in [1.29, 1.82) is 0 Å². The second kappa shape index (κ2) is 5.75. The highest BCUT2D eigenvalue weighted by atomic mass is 16.4. The quantitative estimate of drug-likeness (QED) is 0.615. The molecule has 0 spiro atoms. The lowest BCUT2D eigenvalue weighted by atomic mass is 10.2. The van der Waals surface area contributed by atoms with Crippen LogP contribution in [0.4, 0.5) is 4.79 Å². The number of likely N-dealkylation sites (N-methyl/N-ethyl adjacent to an activating group) is 1. The van der Waals surface area contributed by atoms with Crippen LogP contribution in [0.25, 0.3) is 0 Å². The van der Waals surface area contributed by atoms with Crippen molar-refractivity contribution in [3.63, 3.8) is 0 Å². The Morgan fingerprint density at radius 2 is 2.11 bits per heavy atom. The summed E-state index contributed by atoms with van der Waals surface area (Å²) >= 11 is 0. The van der Waals surface area contributed by atoms with Gasteiger partial charge in [-0.3, -0.25) is 0 Å². The van der Waals surface area contributed by atoms with Crippen LogP contribution < -0.4 is 5.32 Å². The first-order valence-electron chi connectivity index (χ1n) is 6.64. The van der Waals surface area contributed by atoms with Gasteiger partial charge in [0.25, 0.3) is 0 Å². The van der Waals surface area contributed by atoms with Crippen LogP contribution in [0.5, 0.6) is 0 Å². The smallest absolute Gasteiger partial charge is 0.326 e. The van der Waals surface area contributed by atoms with Crippen molar-refractivity contribution in [3.05, 3.63) is 0 Å². The molecule has 1 saturated carbocycles. The fraction of sp³-hybridized carbons (Fsp3) is 0.833. The summed E-state index contributed by atoms with van der Waals surface area (Å²) in [5.41, 5.74) is 0. The molecule has 0 bridgehead atoms. The van der Waals surface area contributed by atoms with Gasteiger partial charge >= 0.3 is 12.0 Å². The molecular weight excluding hydrogens is 250 g/mol. The van der Waals surface area contributed by atoms with Gasteiger partial charge in [-0.25, -0.2) is 9.59 Å². The van der Waals surface area contributed by atoms with Crippen molar-refractivity contribution >= 4 is 12.0 Å². The van der Waals surface area contributed by atoms with E-state index in [1.807, 2.05) is 7.05 Å². The maximum Gasteiger partial charge on any atom is 0.326 e. The normalized spacial score (nSPS) is 26.8. The number of likely N-dealkylation sites (tertiary alicyclic amines) is 1. The highest BCUT2D eigenvalue weighted by Gasteiger charge is 2.38. The fourth-order valence-electron chi connectivity index (χ4n) is 2.41. The van der Waals surface area contributed by atoms with E-state index in [0.717, 1.165) is 6.54 Å². The van der Waals surface area contributed by atoms with Gasteiger partial charge in [-0.15, -0.1) is 0 Å². The van der Waals surface area contributed by atoms with E-state index in [1.165, 1.54) is 17.7 Å². The number of β-amino-alcohol motifs (C(OH)–C–C–N with tert-alkyl or cyclic N) is 1. The Morgan fingerprint density at radius 1 is 1.42 bits per heavy atom. The number of hydrogen-bond donors (Lipinski definition) is 3. The van der Waals surface area contributed by atoms with Crippen LogP contribution in [0.3, 0.4) is 0 Å². The Morgan fingerprint density at radius 3 is 2.68 bits per heavy atom. The largest absolute Gasteiger partial charge is 0.480 e. The van der Waals surface area contributed by atoms with Crippen LogP contribution in [-0.2, 0) is 4.79 Å². The van der Waals surface area contributed by atoms with Crippen LogP contribution in [-0.4, -0.2) is 76.9 Å². The number of hydrogen-bond acceptors (Lipinski definition) is 4. The van der Waals surface area contributed by atoms with Crippen LogP contribution in [0.15, 0.2) is 0 Å². The predicted octanol–water partition coefficient (Wildman–Crippen LogP) is -0.690. The molecule has 1 unspecified atom stereocenters. The van der Waals surface area contributed by atoms with Gasteiger partial charge in [0, 0.05) is 32.1 Å². The zero-order valence-electron chi connectivity index (χ0n) is 11.1. The van der Waals surface area contributed by atoms with Crippen molar-refractivity contribution in [2.75, 3.05) is 26.7 Å². The summed E-state index contributed by atoms with van der Waals surface area (Å²) in [6, 6.07) is -0.693. The number of rotatable bonds is 5. The Labute approximate surface area is 112 Å². The molecule has 2 fully saturated rings. The van der Waals surface area contributed by atoms with E-state index in [9.17, 15) is 14.7 Å². The van der Waals surface area contributed by atoms with Crippen molar-refractivity contribution in [2.24, 2.45) is 0 Å². The van der Waals surface area contributed by atoms with Gasteiger partial charge in [-0.1, -0.05) is 0 Å². The first kappa shape index (κ1) is 14.1. The van der Waals surface area contributed by atoms with Gasteiger partial charge in [0.15, 0.2) is 0 Å².